The van der Waals surface area contributed by atoms with Gasteiger partial charge in [0.05, 0.1) is 16.1 Å². The molecular formula is C17H27Cl3NO3P. The average Bonchev–Trinajstić information content (AvgIpc) is 2.52. The minimum atomic E-state index is -2.43. The topological polar surface area (TPSA) is 69.6 Å². The van der Waals surface area contributed by atoms with E-state index in [4.69, 9.17) is 23.2 Å². The zero-order chi connectivity index (χ0) is 17.5. The van der Waals surface area contributed by atoms with E-state index in [0.717, 1.165) is 31.2 Å². The lowest BCUT2D eigenvalue weighted by Gasteiger charge is -2.32. The smallest absolute Gasteiger partial charge is 0.189 e. The molecule has 0 heterocycles. The van der Waals surface area contributed by atoms with Crippen LogP contribution in [0.2, 0.25) is 10.0 Å². The van der Waals surface area contributed by atoms with Crippen molar-refractivity contribution >= 4 is 43.6 Å². The fourth-order valence-electron chi connectivity index (χ4n) is 3.55. The summed E-state index contributed by atoms with van der Waals surface area (Å²) in [7, 11) is -2.43. The van der Waals surface area contributed by atoms with E-state index in [-0.39, 0.29) is 18.3 Å². The predicted molar refractivity (Wildman–Crippen MR) is 108 cm³/mol. The molecule has 8 heteroatoms. The monoisotopic (exact) mass is 429 g/mol. The molecule has 0 aromatic heterocycles. The van der Waals surface area contributed by atoms with Crippen molar-refractivity contribution in [1.29, 1.82) is 0 Å². The van der Waals surface area contributed by atoms with E-state index in [1.165, 1.54) is 0 Å². The van der Waals surface area contributed by atoms with Gasteiger partial charge in [0, 0.05) is 19.3 Å². The Morgan fingerprint density at radius 3 is 2.52 bits per heavy atom. The summed E-state index contributed by atoms with van der Waals surface area (Å²) in [5.74, 6) is 0.626. The first kappa shape index (κ1) is 23.2. The van der Waals surface area contributed by atoms with Crippen LogP contribution in [0.15, 0.2) is 18.2 Å². The summed E-state index contributed by atoms with van der Waals surface area (Å²) >= 11 is 11.9. The molecule has 1 aromatic rings. The number of aliphatic hydroxyl groups excluding tert-OH is 1. The van der Waals surface area contributed by atoms with Crippen LogP contribution in [0.1, 0.15) is 37.7 Å². The largest absolute Gasteiger partial charge is 0.392 e. The number of nitrogens with one attached hydrogen (secondary N) is 1. The number of hydrogen-bond donors (Lipinski definition) is 3. The third kappa shape index (κ3) is 8.17. The van der Waals surface area contributed by atoms with Crippen molar-refractivity contribution < 1.29 is 14.6 Å². The maximum Gasteiger partial charge on any atom is 0.189 e. The van der Waals surface area contributed by atoms with Crippen LogP contribution in [0.4, 0.5) is 0 Å². The van der Waals surface area contributed by atoms with Gasteiger partial charge in [-0.2, -0.15) is 0 Å². The van der Waals surface area contributed by atoms with Crippen LogP contribution < -0.4 is 5.32 Å². The van der Waals surface area contributed by atoms with Crippen molar-refractivity contribution in [2.75, 3.05) is 12.7 Å². The Hall–Kier alpha value is 0.200. The first-order valence-electron chi connectivity index (χ1n) is 8.50. The SMILES string of the molecule is Cl.O=[PH](O)CC1CCCC[C@H]1CC(O)CNCc1ccc(Cl)c(Cl)c1. The highest BCUT2D eigenvalue weighted by atomic mass is 35.5. The lowest BCUT2D eigenvalue weighted by Crippen LogP contribution is -2.32. The van der Waals surface area contributed by atoms with Gasteiger partial charge >= 0.3 is 0 Å². The molecule has 2 rings (SSSR count). The van der Waals surface area contributed by atoms with E-state index in [1.54, 1.807) is 6.07 Å². The van der Waals surface area contributed by atoms with Crippen LogP contribution >= 0.6 is 43.6 Å². The molecule has 3 N–H and O–H groups in total. The molecule has 0 radical (unpaired) electrons. The number of hydrogen-bond acceptors (Lipinski definition) is 3. The Bertz CT molecular complexity index is 562. The Kier molecular flexibility index (Phi) is 11.0. The van der Waals surface area contributed by atoms with Crippen LogP contribution in [0.3, 0.4) is 0 Å². The van der Waals surface area contributed by atoms with Crippen molar-refractivity contribution in [3.05, 3.63) is 33.8 Å². The summed E-state index contributed by atoms with van der Waals surface area (Å²) in [5.41, 5.74) is 1.02. The normalized spacial score (nSPS) is 22.9. The molecule has 1 fully saturated rings. The van der Waals surface area contributed by atoms with Crippen LogP contribution in [-0.2, 0) is 11.1 Å². The Morgan fingerprint density at radius 2 is 1.88 bits per heavy atom. The molecule has 0 aliphatic heterocycles. The van der Waals surface area contributed by atoms with E-state index in [2.05, 4.69) is 5.32 Å². The van der Waals surface area contributed by atoms with E-state index >= 15 is 0 Å². The van der Waals surface area contributed by atoms with Gasteiger partial charge in [0.1, 0.15) is 0 Å². The lowest BCUT2D eigenvalue weighted by molar-refractivity contribution is 0.108. The lowest BCUT2D eigenvalue weighted by atomic mass is 9.77. The summed E-state index contributed by atoms with van der Waals surface area (Å²) in [6, 6.07) is 5.49. The highest BCUT2D eigenvalue weighted by Gasteiger charge is 2.27. The second-order valence-corrected chi connectivity index (χ2v) is 8.68. The molecule has 144 valence electrons. The summed E-state index contributed by atoms with van der Waals surface area (Å²) in [5, 5.41) is 14.6. The third-order valence-electron chi connectivity index (χ3n) is 4.77. The molecule has 3 unspecified atom stereocenters. The van der Waals surface area contributed by atoms with Gasteiger partial charge < -0.3 is 15.3 Å². The van der Waals surface area contributed by atoms with Crippen molar-refractivity contribution in [2.24, 2.45) is 11.8 Å². The summed E-state index contributed by atoms with van der Waals surface area (Å²) < 4.78 is 11.2. The first-order valence-corrected chi connectivity index (χ1v) is 10.8. The second-order valence-electron chi connectivity index (χ2n) is 6.67. The summed E-state index contributed by atoms with van der Waals surface area (Å²) in [4.78, 5) is 9.22. The molecule has 4 atom stereocenters. The minimum Gasteiger partial charge on any atom is -0.392 e. The fraction of sp³-hybridized carbons (Fsp3) is 0.647. The minimum absolute atomic E-state index is 0. The molecule has 0 bridgehead atoms. The highest BCUT2D eigenvalue weighted by Crippen LogP contribution is 2.37. The van der Waals surface area contributed by atoms with Gasteiger partial charge in [0.15, 0.2) is 8.03 Å². The van der Waals surface area contributed by atoms with Crippen molar-refractivity contribution in [2.45, 2.75) is 44.8 Å². The summed E-state index contributed by atoms with van der Waals surface area (Å²) in [6.45, 7) is 1.12. The molecule has 1 aliphatic carbocycles. The molecular weight excluding hydrogens is 404 g/mol. The Balaban J connectivity index is 0.00000312. The zero-order valence-electron chi connectivity index (χ0n) is 14.1. The molecule has 25 heavy (non-hydrogen) atoms. The quantitative estimate of drug-likeness (QED) is 0.530. The van der Waals surface area contributed by atoms with Gasteiger partial charge in [-0.3, -0.25) is 4.57 Å². The maximum atomic E-state index is 11.2. The average molecular weight is 431 g/mol. The molecule has 1 aromatic carbocycles. The number of rotatable bonds is 8. The first-order chi connectivity index (χ1) is 11.5. The summed E-state index contributed by atoms with van der Waals surface area (Å²) in [6.07, 6.45) is 4.97. The molecule has 1 saturated carbocycles. The Labute approximate surface area is 166 Å². The fourth-order valence-corrected chi connectivity index (χ4v) is 4.86. The molecule has 0 amide bonds. The zero-order valence-corrected chi connectivity index (χ0v) is 17.4. The standard InChI is InChI=1S/C17H26Cl2NO3P.ClH/c18-16-6-5-12(7-17(16)19)9-20-10-15(21)8-13-3-1-2-4-14(13)11-24(22)23;/h5-7,13-15,20-21,24H,1-4,8-11H2,(H,22,23);1H/t13-,14?,15?;/m0./s1. The molecule has 1 aliphatic rings. The number of aliphatic hydroxyl groups is 1. The van der Waals surface area contributed by atoms with Crippen molar-refractivity contribution in [3.8, 4) is 0 Å². The van der Waals surface area contributed by atoms with Gasteiger partial charge in [-0.25, -0.2) is 0 Å². The number of benzene rings is 1. The van der Waals surface area contributed by atoms with Crippen LogP contribution in [0.5, 0.6) is 0 Å². The van der Waals surface area contributed by atoms with E-state index in [1.807, 2.05) is 12.1 Å². The highest BCUT2D eigenvalue weighted by molar-refractivity contribution is 7.38. The van der Waals surface area contributed by atoms with Gasteiger partial charge in [-0.15, -0.1) is 12.4 Å². The van der Waals surface area contributed by atoms with Gasteiger partial charge in [0.2, 0.25) is 0 Å². The Morgan fingerprint density at radius 1 is 1.20 bits per heavy atom. The van der Waals surface area contributed by atoms with Crippen molar-refractivity contribution in [3.63, 3.8) is 0 Å². The van der Waals surface area contributed by atoms with Gasteiger partial charge in [-0.1, -0.05) is 48.5 Å². The maximum absolute atomic E-state index is 11.2. The molecule has 0 spiro atoms. The molecule has 4 nitrogen and oxygen atoms in total. The predicted octanol–water partition coefficient (Wildman–Crippen LogP) is 4.53. The van der Waals surface area contributed by atoms with E-state index < -0.39 is 14.1 Å². The van der Waals surface area contributed by atoms with E-state index in [0.29, 0.717) is 41.6 Å². The van der Waals surface area contributed by atoms with Gasteiger partial charge in [-0.05, 0) is 42.4 Å². The second kappa shape index (κ2) is 11.8. The van der Waals surface area contributed by atoms with Crippen LogP contribution in [-0.4, -0.2) is 28.8 Å². The van der Waals surface area contributed by atoms with Crippen molar-refractivity contribution in [1.82, 2.24) is 5.32 Å². The van der Waals surface area contributed by atoms with Gasteiger partial charge in [0.25, 0.3) is 0 Å². The third-order valence-corrected chi connectivity index (χ3v) is 6.38. The number of halogens is 3. The van der Waals surface area contributed by atoms with Crippen LogP contribution in [0, 0.1) is 11.8 Å². The molecule has 0 saturated heterocycles. The van der Waals surface area contributed by atoms with E-state index in [9.17, 15) is 14.6 Å². The van der Waals surface area contributed by atoms with Crippen LogP contribution in [0.25, 0.3) is 0 Å².